The highest BCUT2D eigenvalue weighted by molar-refractivity contribution is 5.94. The van der Waals surface area contributed by atoms with E-state index in [1.165, 1.54) is 0 Å². The van der Waals surface area contributed by atoms with Crippen LogP contribution in [0.3, 0.4) is 0 Å². The minimum Gasteiger partial charge on any atom is -0.348 e. The first-order valence-corrected chi connectivity index (χ1v) is 8.53. The van der Waals surface area contributed by atoms with Gasteiger partial charge in [0.25, 0.3) is 5.91 Å². The Hall–Kier alpha value is -3.80. The Kier molecular flexibility index (Phi) is 4.70. The molecule has 0 aliphatic rings. The SMILES string of the molecule is O=C(NCc1ccncc1)c1ccc(Nc2cccc3cccnc23)nc1. The summed E-state index contributed by atoms with van der Waals surface area (Å²) in [4.78, 5) is 25.0. The van der Waals surface area contributed by atoms with Crippen molar-refractivity contribution in [3.8, 4) is 0 Å². The highest BCUT2D eigenvalue weighted by Gasteiger charge is 2.07. The van der Waals surface area contributed by atoms with E-state index in [4.69, 9.17) is 0 Å². The Morgan fingerprint density at radius 1 is 0.889 bits per heavy atom. The monoisotopic (exact) mass is 355 g/mol. The summed E-state index contributed by atoms with van der Waals surface area (Å²) in [6, 6.07) is 17.1. The largest absolute Gasteiger partial charge is 0.348 e. The third-order valence-electron chi connectivity index (χ3n) is 4.12. The van der Waals surface area contributed by atoms with Crippen LogP contribution in [-0.2, 0) is 6.54 Å². The zero-order valence-corrected chi connectivity index (χ0v) is 14.5. The topological polar surface area (TPSA) is 79.8 Å². The van der Waals surface area contributed by atoms with Crippen molar-refractivity contribution < 1.29 is 4.79 Å². The van der Waals surface area contributed by atoms with Crippen molar-refractivity contribution in [1.29, 1.82) is 0 Å². The molecule has 0 bridgehead atoms. The van der Waals surface area contributed by atoms with Gasteiger partial charge in [-0.05, 0) is 42.0 Å². The second kappa shape index (κ2) is 7.61. The van der Waals surface area contributed by atoms with Gasteiger partial charge in [-0.25, -0.2) is 4.98 Å². The number of hydrogen-bond donors (Lipinski definition) is 2. The lowest BCUT2D eigenvalue weighted by Crippen LogP contribution is -2.22. The first kappa shape index (κ1) is 16.7. The van der Waals surface area contributed by atoms with Gasteiger partial charge in [-0.3, -0.25) is 14.8 Å². The molecule has 27 heavy (non-hydrogen) atoms. The predicted molar refractivity (Wildman–Crippen MR) is 105 cm³/mol. The number of fused-ring (bicyclic) bond motifs is 1. The number of para-hydroxylation sites is 1. The molecule has 1 amide bonds. The average Bonchev–Trinajstić information content (AvgIpc) is 2.74. The summed E-state index contributed by atoms with van der Waals surface area (Å²) >= 11 is 0. The van der Waals surface area contributed by atoms with Gasteiger partial charge in [0.15, 0.2) is 0 Å². The van der Waals surface area contributed by atoms with E-state index in [0.29, 0.717) is 17.9 Å². The molecule has 4 aromatic rings. The molecular formula is C21H17N5O. The standard InChI is InChI=1S/C21H17N5O/c27-21(25-13-15-8-11-22-12-9-15)17-6-7-19(24-14-17)26-18-5-1-3-16-4-2-10-23-20(16)18/h1-12,14H,13H2,(H,24,26)(H,25,27). The lowest BCUT2D eigenvalue weighted by molar-refractivity contribution is 0.0950. The molecule has 3 aromatic heterocycles. The first-order chi connectivity index (χ1) is 13.3. The second-order valence-electron chi connectivity index (χ2n) is 5.98. The van der Waals surface area contributed by atoms with Gasteiger partial charge in [-0.15, -0.1) is 0 Å². The minimum atomic E-state index is -0.169. The summed E-state index contributed by atoms with van der Waals surface area (Å²) in [5.41, 5.74) is 3.25. The minimum absolute atomic E-state index is 0.169. The highest BCUT2D eigenvalue weighted by atomic mass is 16.1. The Bertz CT molecular complexity index is 1060. The van der Waals surface area contributed by atoms with Crippen LogP contribution >= 0.6 is 0 Å². The molecule has 3 heterocycles. The number of amides is 1. The summed E-state index contributed by atoms with van der Waals surface area (Å²) in [6.07, 6.45) is 6.72. The summed E-state index contributed by atoms with van der Waals surface area (Å²) in [6.45, 7) is 0.447. The number of anilines is 2. The van der Waals surface area contributed by atoms with Crippen LogP contribution < -0.4 is 10.6 Å². The molecule has 132 valence electrons. The Morgan fingerprint density at radius 2 is 1.74 bits per heavy atom. The van der Waals surface area contributed by atoms with Gasteiger partial charge in [0.1, 0.15) is 5.82 Å². The lowest BCUT2D eigenvalue weighted by atomic mass is 10.2. The molecule has 0 saturated heterocycles. The maximum Gasteiger partial charge on any atom is 0.253 e. The number of aromatic nitrogens is 3. The van der Waals surface area contributed by atoms with Crippen LogP contribution in [0.1, 0.15) is 15.9 Å². The zero-order valence-electron chi connectivity index (χ0n) is 14.5. The molecule has 0 radical (unpaired) electrons. The van der Waals surface area contributed by atoms with Crippen molar-refractivity contribution in [2.24, 2.45) is 0 Å². The Morgan fingerprint density at radius 3 is 2.56 bits per heavy atom. The van der Waals surface area contributed by atoms with E-state index in [1.807, 2.05) is 42.5 Å². The van der Waals surface area contributed by atoms with Gasteiger partial charge < -0.3 is 10.6 Å². The maximum absolute atomic E-state index is 12.3. The van der Waals surface area contributed by atoms with Crippen molar-refractivity contribution in [1.82, 2.24) is 20.3 Å². The lowest BCUT2D eigenvalue weighted by Gasteiger charge is -2.09. The van der Waals surface area contributed by atoms with Crippen LogP contribution in [0.15, 0.2) is 79.4 Å². The van der Waals surface area contributed by atoms with Crippen molar-refractivity contribution >= 4 is 28.3 Å². The predicted octanol–water partition coefficient (Wildman–Crippen LogP) is 3.70. The smallest absolute Gasteiger partial charge is 0.253 e. The zero-order chi connectivity index (χ0) is 18.5. The van der Waals surface area contributed by atoms with Crippen molar-refractivity contribution in [3.05, 3.63) is 90.5 Å². The van der Waals surface area contributed by atoms with Crippen LogP contribution in [0.5, 0.6) is 0 Å². The molecule has 0 aliphatic carbocycles. The summed E-state index contributed by atoms with van der Waals surface area (Å²) in [7, 11) is 0. The molecule has 0 unspecified atom stereocenters. The molecule has 0 atom stereocenters. The first-order valence-electron chi connectivity index (χ1n) is 8.53. The van der Waals surface area contributed by atoms with Gasteiger partial charge in [-0.2, -0.15) is 0 Å². The molecular weight excluding hydrogens is 338 g/mol. The van der Waals surface area contributed by atoms with Gasteiger partial charge in [0.2, 0.25) is 0 Å². The molecule has 4 rings (SSSR count). The van der Waals surface area contributed by atoms with Gasteiger partial charge in [0, 0.05) is 36.7 Å². The van der Waals surface area contributed by atoms with Gasteiger partial charge in [-0.1, -0.05) is 18.2 Å². The number of benzene rings is 1. The van der Waals surface area contributed by atoms with Crippen molar-refractivity contribution in [3.63, 3.8) is 0 Å². The fourth-order valence-electron chi connectivity index (χ4n) is 2.73. The van der Waals surface area contributed by atoms with Crippen LogP contribution in [-0.4, -0.2) is 20.9 Å². The molecule has 0 saturated carbocycles. The van der Waals surface area contributed by atoms with E-state index in [9.17, 15) is 4.79 Å². The Balaban J connectivity index is 1.45. The van der Waals surface area contributed by atoms with E-state index in [2.05, 4.69) is 25.6 Å². The molecule has 0 spiro atoms. The van der Waals surface area contributed by atoms with E-state index in [0.717, 1.165) is 22.2 Å². The van der Waals surface area contributed by atoms with Crippen LogP contribution in [0.25, 0.3) is 10.9 Å². The molecule has 6 nitrogen and oxygen atoms in total. The van der Waals surface area contributed by atoms with E-state index >= 15 is 0 Å². The molecule has 6 heteroatoms. The third-order valence-corrected chi connectivity index (χ3v) is 4.12. The van der Waals surface area contributed by atoms with E-state index in [1.54, 1.807) is 36.9 Å². The molecule has 2 N–H and O–H groups in total. The number of rotatable bonds is 5. The number of carbonyl (C=O) groups is 1. The summed E-state index contributed by atoms with van der Waals surface area (Å²) in [5, 5.41) is 7.18. The highest BCUT2D eigenvalue weighted by Crippen LogP contribution is 2.23. The molecule has 1 aromatic carbocycles. The van der Waals surface area contributed by atoms with Crippen LogP contribution in [0, 0.1) is 0 Å². The normalized spacial score (nSPS) is 10.5. The third kappa shape index (κ3) is 3.90. The summed E-state index contributed by atoms with van der Waals surface area (Å²) < 4.78 is 0. The van der Waals surface area contributed by atoms with Crippen LogP contribution in [0.2, 0.25) is 0 Å². The Labute approximate surface area is 156 Å². The number of carbonyl (C=O) groups excluding carboxylic acids is 1. The summed E-state index contributed by atoms with van der Waals surface area (Å²) in [5.74, 6) is 0.483. The number of hydrogen-bond acceptors (Lipinski definition) is 5. The number of nitrogens with zero attached hydrogens (tertiary/aromatic N) is 3. The van der Waals surface area contributed by atoms with Crippen molar-refractivity contribution in [2.75, 3.05) is 5.32 Å². The quantitative estimate of drug-likeness (QED) is 0.571. The maximum atomic E-state index is 12.3. The fraction of sp³-hybridized carbons (Fsp3) is 0.0476. The number of nitrogens with one attached hydrogen (secondary N) is 2. The average molecular weight is 355 g/mol. The molecule has 0 fully saturated rings. The van der Waals surface area contributed by atoms with Gasteiger partial charge >= 0.3 is 0 Å². The fourth-order valence-corrected chi connectivity index (χ4v) is 2.73. The van der Waals surface area contributed by atoms with E-state index < -0.39 is 0 Å². The number of pyridine rings is 3. The second-order valence-corrected chi connectivity index (χ2v) is 5.98. The molecule has 0 aliphatic heterocycles. The van der Waals surface area contributed by atoms with E-state index in [-0.39, 0.29) is 5.91 Å². The van der Waals surface area contributed by atoms with Gasteiger partial charge in [0.05, 0.1) is 16.8 Å². The van der Waals surface area contributed by atoms with Crippen LogP contribution in [0.4, 0.5) is 11.5 Å². The van der Waals surface area contributed by atoms with Crippen molar-refractivity contribution in [2.45, 2.75) is 6.54 Å².